The molecule has 2 unspecified atom stereocenters. The number of amides is 1. The maximum atomic E-state index is 13.3. The van der Waals surface area contributed by atoms with E-state index in [0.717, 1.165) is 25.8 Å². The van der Waals surface area contributed by atoms with Crippen molar-refractivity contribution in [2.75, 3.05) is 19.0 Å². The van der Waals surface area contributed by atoms with Crippen molar-refractivity contribution in [1.82, 2.24) is 5.32 Å². The van der Waals surface area contributed by atoms with Crippen molar-refractivity contribution in [2.45, 2.75) is 32.2 Å². The molecule has 110 valence electrons. The fourth-order valence-corrected chi connectivity index (χ4v) is 2.53. The molecule has 0 aromatic heterocycles. The molecule has 1 fully saturated rings. The molecule has 2 N–H and O–H groups in total. The normalized spacial score (nSPS) is 22.4. The molecule has 0 saturated carbocycles. The molecule has 1 saturated heterocycles. The van der Waals surface area contributed by atoms with Crippen LogP contribution in [0.5, 0.6) is 5.75 Å². The standard InChI is InChI=1S/C15H21FN2O2/c1-3-10-6-7-17-13(8-10)15(19)18-11-4-5-12(16)14(9-11)20-2/h4-5,9-10,13,17H,3,6-8H2,1-2H3,(H,18,19). The zero-order valence-electron chi connectivity index (χ0n) is 11.9. The van der Waals surface area contributed by atoms with Gasteiger partial charge in [-0.3, -0.25) is 4.79 Å². The summed E-state index contributed by atoms with van der Waals surface area (Å²) >= 11 is 0. The molecule has 1 aliphatic rings. The molecular formula is C15H21FN2O2. The summed E-state index contributed by atoms with van der Waals surface area (Å²) in [6, 6.07) is 4.14. The summed E-state index contributed by atoms with van der Waals surface area (Å²) in [6.45, 7) is 3.01. The van der Waals surface area contributed by atoms with Crippen molar-refractivity contribution in [3.63, 3.8) is 0 Å². The lowest BCUT2D eigenvalue weighted by atomic mass is 9.90. The van der Waals surface area contributed by atoms with Crippen molar-refractivity contribution in [3.05, 3.63) is 24.0 Å². The molecule has 4 nitrogen and oxygen atoms in total. The molecule has 2 rings (SSSR count). The molecule has 1 amide bonds. The summed E-state index contributed by atoms with van der Waals surface area (Å²) in [5.41, 5.74) is 0.550. The average Bonchev–Trinajstić information content (AvgIpc) is 2.49. The van der Waals surface area contributed by atoms with E-state index in [9.17, 15) is 9.18 Å². The number of benzene rings is 1. The van der Waals surface area contributed by atoms with Crippen LogP contribution in [0.4, 0.5) is 10.1 Å². The second kappa shape index (κ2) is 6.70. The van der Waals surface area contributed by atoms with Crippen LogP contribution in [0, 0.1) is 11.7 Å². The Morgan fingerprint density at radius 2 is 2.35 bits per heavy atom. The fourth-order valence-electron chi connectivity index (χ4n) is 2.53. The van der Waals surface area contributed by atoms with E-state index in [0.29, 0.717) is 11.6 Å². The number of methoxy groups -OCH3 is 1. The monoisotopic (exact) mass is 280 g/mol. The van der Waals surface area contributed by atoms with Gasteiger partial charge in [0.15, 0.2) is 11.6 Å². The topological polar surface area (TPSA) is 50.4 Å². The Morgan fingerprint density at radius 3 is 3.05 bits per heavy atom. The molecule has 0 bridgehead atoms. The Morgan fingerprint density at radius 1 is 1.55 bits per heavy atom. The summed E-state index contributed by atoms with van der Waals surface area (Å²) in [7, 11) is 1.40. The molecule has 20 heavy (non-hydrogen) atoms. The first-order valence-electron chi connectivity index (χ1n) is 7.01. The number of piperidine rings is 1. The largest absolute Gasteiger partial charge is 0.494 e. The summed E-state index contributed by atoms with van der Waals surface area (Å²) in [5.74, 6) is 0.213. The van der Waals surface area contributed by atoms with Gasteiger partial charge in [-0.1, -0.05) is 13.3 Å². The summed E-state index contributed by atoms with van der Waals surface area (Å²) in [6.07, 6.45) is 3.06. The van der Waals surface area contributed by atoms with Gasteiger partial charge < -0.3 is 15.4 Å². The highest BCUT2D eigenvalue weighted by molar-refractivity contribution is 5.95. The molecule has 1 heterocycles. The number of carbonyl (C=O) groups is 1. The highest BCUT2D eigenvalue weighted by Gasteiger charge is 2.25. The molecule has 0 aliphatic carbocycles. The third-order valence-corrected chi connectivity index (χ3v) is 3.82. The predicted molar refractivity (Wildman–Crippen MR) is 76.4 cm³/mol. The Hall–Kier alpha value is -1.62. The van der Waals surface area contributed by atoms with E-state index in [1.165, 1.54) is 25.3 Å². The highest BCUT2D eigenvalue weighted by Crippen LogP contribution is 2.23. The van der Waals surface area contributed by atoms with Crippen LogP contribution in [0.15, 0.2) is 18.2 Å². The lowest BCUT2D eigenvalue weighted by Gasteiger charge is -2.28. The van der Waals surface area contributed by atoms with Gasteiger partial charge >= 0.3 is 0 Å². The first kappa shape index (κ1) is 14.8. The second-order valence-corrected chi connectivity index (χ2v) is 5.14. The molecule has 1 aliphatic heterocycles. The van der Waals surface area contributed by atoms with Gasteiger partial charge in [0.25, 0.3) is 0 Å². The van der Waals surface area contributed by atoms with E-state index in [1.807, 2.05) is 0 Å². The quantitative estimate of drug-likeness (QED) is 0.891. The molecule has 0 radical (unpaired) electrons. The Balaban J connectivity index is 2.00. The minimum atomic E-state index is -0.438. The summed E-state index contributed by atoms with van der Waals surface area (Å²) in [5, 5.41) is 6.04. The summed E-state index contributed by atoms with van der Waals surface area (Å²) < 4.78 is 18.2. The van der Waals surface area contributed by atoms with Crippen LogP contribution in [0.1, 0.15) is 26.2 Å². The van der Waals surface area contributed by atoms with E-state index in [-0.39, 0.29) is 17.7 Å². The number of carbonyl (C=O) groups excluding carboxylic acids is 1. The minimum absolute atomic E-state index is 0.0724. The number of hydrogen-bond acceptors (Lipinski definition) is 3. The van der Waals surface area contributed by atoms with Crippen molar-refractivity contribution < 1.29 is 13.9 Å². The molecular weight excluding hydrogens is 259 g/mol. The zero-order valence-corrected chi connectivity index (χ0v) is 11.9. The van der Waals surface area contributed by atoms with Gasteiger partial charge in [-0.15, -0.1) is 0 Å². The molecule has 2 atom stereocenters. The highest BCUT2D eigenvalue weighted by atomic mass is 19.1. The van der Waals surface area contributed by atoms with Crippen LogP contribution >= 0.6 is 0 Å². The van der Waals surface area contributed by atoms with Crippen molar-refractivity contribution in [1.29, 1.82) is 0 Å². The van der Waals surface area contributed by atoms with Crippen molar-refractivity contribution >= 4 is 11.6 Å². The van der Waals surface area contributed by atoms with Gasteiger partial charge in [-0.05, 0) is 37.4 Å². The van der Waals surface area contributed by atoms with Crippen molar-refractivity contribution in [2.24, 2.45) is 5.92 Å². The first-order chi connectivity index (χ1) is 9.63. The number of anilines is 1. The van der Waals surface area contributed by atoms with E-state index in [4.69, 9.17) is 4.74 Å². The van der Waals surface area contributed by atoms with Gasteiger partial charge in [0.1, 0.15) is 0 Å². The molecule has 0 spiro atoms. The van der Waals surface area contributed by atoms with E-state index < -0.39 is 5.82 Å². The van der Waals surface area contributed by atoms with E-state index in [1.54, 1.807) is 0 Å². The third kappa shape index (κ3) is 3.48. The van der Waals surface area contributed by atoms with Crippen LogP contribution < -0.4 is 15.4 Å². The average molecular weight is 280 g/mol. The SMILES string of the molecule is CCC1CCNC(C(=O)Nc2ccc(F)c(OC)c2)C1. The fraction of sp³-hybridized carbons (Fsp3) is 0.533. The number of halogens is 1. The van der Waals surface area contributed by atoms with Gasteiger partial charge in [-0.2, -0.15) is 0 Å². The number of nitrogens with one attached hydrogen (secondary N) is 2. The Bertz CT molecular complexity index is 479. The van der Waals surface area contributed by atoms with Crippen LogP contribution in [-0.2, 0) is 4.79 Å². The zero-order chi connectivity index (χ0) is 14.5. The lowest BCUT2D eigenvalue weighted by molar-refractivity contribution is -0.119. The second-order valence-electron chi connectivity index (χ2n) is 5.14. The smallest absolute Gasteiger partial charge is 0.241 e. The van der Waals surface area contributed by atoms with E-state index >= 15 is 0 Å². The van der Waals surface area contributed by atoms with Crippen LogP contribution in [-0.4, -0.2) is 25.6 Å². The van der Waals surface area contributed by atoms with Crippen LogP contribution in [0.25, 0.3) is 0 Å². The number of hydrogen-bond donors (Lipinski definition) is 2. The van der Waals surface area contributed by atoms with E-state index in [2.05, 4.69) is 17.6 Å². The maximum absolute atomic E-state index is 13.3. The summed E-state index contributed by atoms with van der Waals surface area (Å²) in [4.78, 5) is 12.2. The lowest BCUT2D eigenvalue weighted by Crippen LogP contribution is -2.46. The number of ether oxygens (including phenoxy) is 1. The van der Waals surface area contributed by atoms with Gasteiger partial charge in [0, 0.05) is 11.8 Å². The maximum Gasteiger partial charge on any atom is 0.241 e. The van der Waals surface area contributed by atoms with Gasteiger partial charge in [0.05, 0.1) is 13.2 Å². The number of rotatable bonds is 4. The molecule has 1 aromatic carbocycles. The molecule has 5 heteroatoms. The Kier molecular flexibility index (Phi) is 4.95. The third-order valence-electron chi connectivity index (χ3n) is 3.82. The minimum Gasteiger partial charge on any atom is -0.494 e. The van der Waals surface area contributed by atoms with Gasteiger partial charge in [-0.25, -0.2) is 4.39 Å². The predicted octanol–water partition coefficient (Wildman–Crippen LogP) is 2.55. The first-order valence-corrected chi connectivity index (χ1v) is 7.01. The Labute approximate surface area is 118 Å². The molecule has 1 aromatic rings. The van der Waals surface area contributed by atoms with Crippen LogP contribution in [0.2, 0.25) is 0 Å². The van der Waals surface area contributed by atoms with Crippen LogP contribution in [0.3, 0.4) is 0 Å². The van der Waals surface area contributed by atoms with Gasteiger partial charge in [0.2, 0.25) is 5.91 Å². The van der Waals surface area contributed by atoms with Crippen molar-refractivity contribution in [3.8, 4) is 5.75 Å².